The van der Waals surface area contributed by atoms with Crippen LogP contribution < -0.4 is 30.4 Å². The number of methoxy groups -OCH3 is 2. The third-order valence-corrected chi connectivity index (χ3v) is 5.67. The number of carbonyl (C=O) groups is 1. The van der Waals surface area contributed by atoms with Crippen molar-refractivity contribution in [2.45, 2.75) is 11.4 Å². The summed E-state index contributed by atoms with van der Waals surface area (Å²) < 4.78 is 45.1. The van der Waals surface area contributed by atoms with Crippen LogP contribution in [0.15, 0.2) is 53.7 Å². The van der Waals surface area contributed by atoms with E-state index in [1.54, 1.807) is 18.2 Å². The number of primary amides is 1. The summed E-state index contributed by atoms with van der Waals surface area (Å²) in [5, 5.41) is 4.03. The first-order chi connectivity index (χ1) is 14.7. The van der Waals surface area contributed by atoms with E-state index < -0.39 is 16.1 Å². The smallest absolute Gasteiger partial charge is 0.410 e. The van der Waals surface area contributed by atoms with Gasteiger partial charge in [0.1, 0.15) is 16.4 Å². The quantitative estimate of drug-likeness (QED) is 0.437. The van der Waals surface area contributed by atoms with Crippen LogP contribution in [0.5, 0.6) is 17.2 Å². The fraction of sp³-hybridized carbons (Fsp3) is 0.158. The second-order valence-corrected chi connectivity index (χ2v) is 8.01. The molecular weight excluding hydrogens is 426 g/mol. The fourth-order valence-electron chi connectivity index (χ4n) is 2.79. The molecule has 3 rings (SSSR count). The van der Waals surface area contributed by atoms with Crippen LogP contribution in [0.2, 0.25) is 0 Å². The molecule has 0 atom stereocenters. The van der Waals surface area contributed by atoms with Crippen LogP contribution >= 0.6 is 0 Å². The van der Waals surface area contributed by atoms with Gasteiger partial charge in [-0.25, -0.2) is 22.6 Å². The van der Waals surface area contributed by atoms with Crippen molar-refractivity contribution in [1.29, 1.82) is 0 Å². The van der Waals surface area contributed by atoms with Crippen molar-refractivity contribution in [2.75, 3.05) is 20.0 Å². The lowest BCUT2D eigenvalue weighted by molar-refractivity contribution is 0.211. The predicted molar refractivity (Wildman–Crippen MR) is 112 cm³/mol. The highest BCUT2D eigenvalue weighted by molar-refractivity contribution is 7.89. The fourth-order valence-corrected chi connectivity index (χ4v) is 4.02. The normalized spacial score (nSPS) is 11.2. The van der Waals surface area contributed by atoms with Crippen molar-refractivity contribution >= 4 is 21.8 Å². The first-order valence-electron chi connectivity index (χ1n) is 8.86. The lowest BCUT2D eigenvalue weighted by Gasteiger charge is -2.14. The Morgan fingerprint density at radius 1 is 1.13 bits per heavy atom. The van der Waals surface area contributed by atoms with E-state index in [1.807, 2.05) is 0 Å². The van der Waals surface area contributed by atoms with Crippen LogP contribution in [0.1, 0.15) is 5.56 Å². The predicted octanol–water partition coefficient (Wildman–Crippen LogP) is 1.41. The van der Waals surface area contributed by atoms with Gasteiger partial charge in [0.05, 0.1) is 32.3 Å². The number of nitrogens with one attached hydrogen (secondary N) is 1. The van der Waals surface area contributed by atoms with Crippen molar-refractivity contribution in [1.82, 2.24) is 14.5 Å². The van der Waals surface area contributed by atoms with Gasteiger partial charge in [0.15, 0.2) is 5.75 Å². The molecule has 2 aromatic carbocycles. The summed E-state index contributed by atoms with van der Waals surface area (Å²) in [6.45, 7) is -0.0428. The summed E-state index contributed by atoms with van der Waals surface area (Å²) in [5.41, 5.74) is 11.9. The molecule has 0 saturated heterocycles. The maximum atomic E-state index is 13.1. The third-order valence-electron chi connectivity index (χ3n) is 4.24. The minimum Gasteiger partial charge on any atom is -0.497 e. The number of nitrogens with two attached hydrogens (primary N) is 2. The Balaban J connectivity index is 1.92. The highest BCUT2D eigenvalue weighted by Crippen LogP contribution is 2.27. The minimum absolute atomic E-state index is 0.0428. The van der Waals surface area contributed by atoms with E-state index in [4.69, 9.17) is 25.7 Å². The van der Waals surface area contributed by atoms with Crippen LogP contribution in [0.25, 0.3) is 5.69 Å². The zero-order valence-electron chi connectivity index (χ0n) is 16.7. The number of ether oxygens (including phenoxy) is 3. The highest BCUT2D eigenvalue weighted by atomic mass is 32.2. The van der Waals surface area contributed by atoms with E-state index in [9.17, 15) is 13.2 Å². The van der Waals surface area contributed by atoms with Crippen LogP contribution in [-0.2, 0) is 16.6 Å². The van der Waals surface area contributed by atoms with E-state index in [2.05, 4.69) is 9.82 Å². The number of nitrogens with zero attached hydrogens (tertiary/aromatic N) is 2. The highest BCUT2D eigenvalue weighted by Gasteiger charge is 2.22. The van der Waals surface area contributed by atoms with Crippen molar-refractivity contribution in [2.24, 2.45) is 5.73 Å². The number of hydrogen-bond acceptors (Lipinski definition) is 8. The molecule has 5 N–H and O–H groups in total. The molecule has 0 spiro atoms. The van der Waals surface area contributed by atoms with Gasteiger partial charge >= 0.3 is 6.09 Å². The molecule has 164 valence electrons. The molecule has 0 aliphatic heterocycles. The van der Waals surface area contributed by atoms with Gasteiger partial charge in [-0.15, -0.1) is 0 Å². The number of rotatable bonds is 8. The molecule has 0 bridgehead atoms. The number of amides is 1. The molecule has 0 radical (unpaired) electrons. The third kappa shape index (κ3) is 5.05. The Morgan fingerprint density at radius 3 is 2.58 bits per heavy atom. The molecule has 31 heavy (non-hydrogen) atoms. The molecule has 1 aromatic heterocycles. The number of anilines is 1. The number of aromatic nitrogens is 2. The zero-order chi connectivity index (χ0) is 22.6. The summed E-state index contributed by atoms with van der Waals surface area (Å²) in [4.78, 5) is 10.8. The Kier molecular flexibility index (Phi) is 6.32. The van der Waals surface area contributed by atoms with Crippen LogP contribution in [-0.4, -0.2) is 38.5 Å². The molecule has 0 aliphatic carbocycles. The summed E-state index contributed by atoms with van der Waals surface area (Å²) in [7, 11) is -1.02. The van der Waals surface area contributed by atoms with Crippen LogP contribution in [0.3, 0.4) is 0 Å². The van der Waals surface area contributed by atoms with E-state index in [0.29, 0.717) is 17.1 Å². The molecule has 1 amide bonds. The summed E-state index contributed by atoms with van der Waals surface area (Å²) >= 11 is 0. The second kappa shape index (κ2) is 8.93. The average molecular weight is 447 g/mol. The van der Waals surface area contributed by atoms with Crippen molar-refractivity contribution < 1.29 is 27.4 Å². The molecule has 3 aromatic rings. The second-order valence-electron chi connectivity index (χ2n) is 6.27. The van der Waals surface area contributed by atoms with Crippen LogP contribution in [0, 0.1) is 0 Å². The summed E-state index contributed by atoms with van der Waals surface area (Å²) in [6.07, 6.45) is 1.54. The average Bonchev–Trinajstić information content (AvgIpc) is 3.19. The molecule has 0 saturated carbocycles. The van der Waals surface area contributed by atoms with Crippen molar-refractivity contribution in [3.63, 3.8) is 0 Å². The Hall–Kier alpha value is -3.77. The van der Waals surface area contributed by atoms with Crippen molar-refractivity contribution in [3.05, 3.63) is 54.4 Å². The van der Waals surface area contributed by atoms with Gasteiger partial charge in [0.25, 0.3) is 0 Å². The Morgan fingerprint density at radius 2 is 1.90 bits per heavy atom. The number of sulfonamides is 1. The maximum Gasteiger partial charge on any atom is 0.410 e. The zero-order valence-corrected chi connectivity index (χ0v) is 17.5. The molecule has 1 heterocycles. The molecule has 0 unspecified atom stereocenters. The molecule has 0 fully saturated rings. The lowest BCUT2D eigenvalue weighted by atomic mass is 10.2. The number of nitrogen functional groups attached to an aromatic ring is 1. The molecule has 0 aliphatic rings. The molecule has 11 nitrogen and oxygen atoms in total. The van der Waals surface area contributed by atoms with E-state index >= 15 is 0 Å². The maximum absolute atomic E-state index is 13.1. The summed E-state index contributed by atoms with van der Waals surface area (Å²) in [6, 6.07) is 9.36. The number of hydrogen-bond donors (Lipinski definition) is 3. The Bertz CT molecular complexity index is 1210. The largest absolute Gasteiger partial charge is 0.497 e. The SMILES string of the molecule is COc1ccc(CNS(=O)(=O)c2cc(N)ccc2-n2cc(OC(N)=O)cn2)c(OC)c1. The van der Waals surface area contributed by atoms with Gasteiger partial charge in [-0.1, -0.05) is 6.07 Å². The van der Waals surface area contributed by atoms with Gasteiger partial charge in [-0.05, 0) is 24.3 Å². The first-order valence-corrected chi connectivity index (χ1v) is 10.3. The monoisotopic (exact) mass is 447 g/mol. The van der Waals surface area contributed by atoms with Crippen LogP contribution in [0.4, 0.5) is 10.5 Å². The molecule has 12 heteroatoms. The lowest BCUT2D eigenvalue weighted by Crippen LogP contribution is -2.25. The first kappa shape index (κ1) is 21.9. The van der Waals surface area contributed by atoms with E-state index in [1.165, 1.54) is 49.5 Å². The topological polar surface area (TPSA) is 161 Å². The van der Waals surface area contributed by atoms with Crippen molar-refractivity contribution in [3.8, 4) is 22.9 Å². The van der Waals surface area contributed by atoms with E-state index in [-0.39, 0.29) is 28.6 Å². The van der Waals surface area contributed by atoms with Gasteiger partial charge < -0.3 is 25.7 Å². The summed E-state index contributed by atoms with van der Waals surface area (Å²) in [5.74, 6) is 1.10. The van der Waals surface area contributed by atoms with Gasteiger partial charge in [-0.2, -0.15) is 5.10 Å². The van der Waals surface area contributed by atoms with Gasteiger partial charge in [0.2, 0.25) is 10.0 Å². The van der Waals surface area contributed by atoms with Gasteiger partial charge in [0, 0.05) is 23.9 Å². The van der Waals surface area contributed by atoms with Gasteiger partial charge in [-0.3, -0.25) is 0 Å². The minimum atomic E-state index is -4.02. The number of benzene rings is 2. The Labute approximate surface area is 178 Å². The molecular formula is C19H21N5O6S. The standard InChI is InChI=1S/C19H21N5O6S/c1-28-14-5-3-12(17(8-14)29-2)9-23-31(26,27)18-7-13(20)4-6-16(18)24-11-15(10-22-24)30-19(21)25/h3-8,10-11,23H,9,20H2,1-2H3,(H2,21,25). The number of carbonyl (C=O) groups excluding carboxylic acids is 1. The van der Waals surface area contributed by atoms with E-state index in [0.717, 1.165) is 0 Å².